The summed E-state index contributed by atoms with van der Waals surface area (Å²) in [5, 5.41) is 28.0. The molecule has 0 unspecified atom stereocenters. The zero-order chi connectivity index (χ0) is 86.0. The fourth-order valence-electron chi connectivity index (χ4n) is 20.9. The molecule has 0 N–H and O–H groups in total. The Kier molecular flexibility index (Phi) is 20.1. The van der Waals surface area contributed by atoms with Gasteiger partial charge in [0, 0.05) is 0 Å². The normalized spacial score (nSPS) is 11.5. The maximum atomic E-state index is 2.43. The highest BCUT2D eigenvalue weighted by atomic mass is 14.3. The van der Waals surface area contributed by atoms with Crippen LogP contribution in [0.5, 0.6) is 0 Å². The first-order chi connectivity index (χ1) is 62.9. The van der Waals surface area contributed by atoms with E-state index in [-0.39, 0.29) is 0 Å². The van der Waals surface area contributed by atoms with Gasteiger partial charge in [-0.2, -0.15) is 0 Å². The molecule has 0 bridgehead atoms. The summed E-state index contributed by atoms with van der Waals surface area (Å²) in [5.41, 5.74) is 33.2. The smallest absolute Gasteiger partial charge is 0.00210 e. The number of fused-ring (bicyclic) bond motifs is 11. The van der Waals surface area contributed by atoms with Gasteiger partial charge in [0.1, 0.15) is 0 Å². The SMILES string of the molecule is Cc1cc(C)c(-c2c3ccccc3c(-c3ccc4ccccc4c3)c3cc(-c4ccc(-c5ccccc5)cc4)ccc23)c(C)c1.Cc1cc(C)c(-c2c3ccccc3c(-c3ccc4ccccc4c3)c3cc(-c4ccc5ccccc5c4)ccc23)c(C)c1.c1ccc(-c2c3ccccc3c(-c3ccc4ccccc4c3)c3cc(-c4ccc5ccccc5c4)ccc23)cc1. The summed E-state index contributed by atoms with van der Waals surface area (Å²) in [5.74, 6) is 0. The number of benzene rings is 24. The van der Waals surface area contributed by atoms with Gasteiger partial charge in [-0.3, -0.25) is 0 Å². The minimum absolute atomic E-state index is 1.22. The topological polar surface area (TPSA) is 0 Å². The van der Waals surface area contributed by atoms with E-state index in [4.69, 9.17) is 0 Å². The van der Waals surface area contributed by atoms with Crippen molar-refractivity contribution in [3.63, 3.8) is 0 Å². The first-order valence-corrected chi connectivity index (χ1v) is 44.7. The second kappa shape index (κ2) is 33.0. The van der Waals surface area contributed by atoms with Crippen LogP contribution in [0.2, 0.25) is 0 Å². The third kappa shape index (κ3) is 14.4. The van der Waals surface area contributed by atoms with Gasteiger partial charge in [-0.15, -0.1) is 0 Å². The Morgan fingerprint density at radius 1 is 0.102 bits per heavy atom. The molecule has 604 valence electrons. The summed E-state index contributed by atoms with van der Waals surface area (Å²) in [4.78, 5) is 0. The van der Waals surface area contributed by atoms with Crippen molar-refractivity contribution in [1.29, 1.82) is 0 Å². The highest BCUT2D eigenvalue weighted by Gasteiger charge is 2.25. The molecule has 0 atom stereocenters. The van der Waals surface area contributed by atoms with Crippen molar-refractivity contribution in [2.24, 2.45) is 0 Å². The maximum absolute atomic E-state index is 2.43. The van der Waals surface area contributed by atoms with Gasteiger partial charge in [0.15, 0.2) is 0 Å². The lowest BCUT2D eigenvalue weighted by atomic mass is 9.82. The molecule has 0 nitrogen and oxygen atoms in total. The molecule has 24 rings (SSSR count). The van der Waals surface area contributed by atoms with Crippen LogP contribution in [0, 0.1) is 41.5 Å². The Labute approximate surface area is 748 Å². The van der Waals surface area contributed by atoms with Crippen molar-refractivity contribution in [2.45, 2.75) is 41.5 Å². The van der Waals surface area contributed by atoms with E-state index in [1.807, 2.05) is 0 Å². The van der Waals surface area contributed by atoms with Gasteiger partial charge in [-0.1, -0.05) is 412 Å². The van der Waals surface area contributed by atoms with Crippen LogP contribution >= 0.6 is 0 Å². The van der Waals surface area contributed by atoms with Crippen LogP contribution in [0.1, 0.15) is 33.4 Å². The predicted molar refractivity (Wildman–Crippen MR) is 555 cm³/mol. The molecule has 0 heterocycles. The summed E-state index contributed by atoms with van der Waals surface area (Å²) < 4.78 is 0. The van der Waals surface area contributed by atoms with Crippen molar-refractivity contribution < 1.29 is 0 Å². The van der Waals surface area contributed by atoms with Crippen LogP contribution in [0.4, 0.5) is 0 Å². The molecule has 24 aromatic carbocycles. The number of hydrogen-bond donors (Lipinski definition) is 0. The Bertz CT molecular complexity index is 8490. The number of hydrogen-bond acceptors (Lipinski definition) is 0. The molecule has 0 fully saturated rings. The second-order valence-corrected chi connectivity index (χ2v) is 34.8. The number of rotatable bonds is 10. The fraction of sp³-hybridized carbons (Fsp3) is 0.0469. The molecule has 128 heavy (non-hydrogen) atoms. The van der Waals surface area contributed by atoms with Crippen molar-refractivity contribution in [3.05, 3.63) is 482 Å². The lowest BCUT2D eigenvalue weighted by Gasteiger charge is -2.21. The van der Waals surface area contributed by atoms with Gasteiger partial charge < -0.3 is 0 Å². The van der Waals surface area contributed by atoms with E-state index in [9.17, 15) is 0 Å². The van der Waals surface area contributed by atoms with Gasteiger partial charge in [-0.25, -0.2) is 0 Å². The van der Waals surface area contributed by atoms with Gasteiger partial charge in [-0.05, 0) is 342 Å². The van der Waals surface area contributed by atoms with E-state index >= 15 is 0 Å². The Hall–Kier alpha value is -15.9. The third-order valence-corrected chi connectivity index (χ3v) is 26.6. The zero-order valence-electron chi connectivity index (χ0n) is 72.7. The van der Waals surface area contributed by atoms with Crippen molar-refractivity contribution in [2.75, 3.05) is 0 Å². The van der Waals surface area contributed by atoms with Crippen LogP contribution in [0.25, 0.3) is 230 Å². The molecule has 0 radical (unpaired) electrons. The summed E-state index contributed by atoms with van der Waals surface area (Å²) in [6.07, 6.45) is 0. The Balaban J connectivity index is 0.000000113. The van der Waals surface area contributed by atoms with Gasteiger partial charge in [0.05, 0.1) is 0 Å². The highest BCUT2D eigenvalue weighted by Crippen LogP contribution is 2.52. The maximum Gasteiger partial charge on any atom is -0.00210 e. The quantitative estimate of drug-likeness (QED) is 0.120. The van der Waals surface area contributed by atoms with E-state index in [0.29, 0.717) is 0 Å². The van der Waals surface area contributed by atoms with E-state index in [1.54, 1.807) is 0 Å². The van der Waals surface area contributed by atoms with Gasteiger partial charge >= 0.3 is 0 Å². The molecular weight excluding hydrogens is 1540 g/mol. The molecule has 24 aromatic rings. The molecule has 0 saturated carbocycles. The largest absolute Gasteiger partial charge is 0.0622 e. The van der Waals surface area contributed by atoms with E-state index in [1.165, 1.54) is 263 Å². The van der Waals surface area contributed by atoms with Crippen LogP contribution in [-0.4, -0.2) is 0 Å². The molecule has 0 aliphatic carbocycles. The zero-order valence-corrected chi connectivity index (χ0v) is 72.7. The Morgan fingerprint density at radius 2 is 0.289 bits per heavy atom. The first kappa shape index (κ1) is 78.1. The van der Waals surface area contributed by atoms with Crippen LogP contribution < -0.4 is 0 Å². The third-order valence-electron chi connectivity index (χ3n) is 26.6. The number of aryl methyl sites for hydroxylation is 6. The second-order valence-electron chi connectivity index (χ2n) is 34.8. The summed E-state index contributed by atoms with van der Waals surface area (Å²) in [6.45, 7) is 13.4. The minimum Gasteiger partial charge on any atom is -0.0622 e. The highest BCUT2D eigenvalue weighted by molar-refractivity contribution is 6.26. The average molecular weight is 1630 g/mol. The Morgan fingerprint density at radius 3 is 0.602 bits per heavy atom. The molecule has 0 heteroatoms. The van der Waals surface area contributed by atoms with Crippen LogP contribution in [0.15, 0.2) is 449 Å². The van der Waals surface area contributed by atoms with E-state index in [2.05, 4.69) is 490 Å². The standard InChI is InChI=1S/C45H34.C43H32.C40H26/c1-29-25-30(2)43(31(3)26-29)45-40-16-10-9-15-39(40)44(38-22-21-33-13-7-8-14-36(33)27-38)42-28-37(23-24-41(42)45)35-19-17-34(18-20-35)32-11-5-4-6-12-32;1-27-22-28(2)41(29(3)23-27)43-38-15-9-8-14-37(38)42(36-19-17-31-11-5-7-13-33(31)25-36)40-26-35(20-21-39(40)43)34-18-16-30-10-4-6-12-32(30)24-34;1-2-12-29(13-3-1)39-35-16-8-9-17-36(35)40(34-21-19-28-11-5-7-15-31(28)25-34)38-26-33(22-23-37(38)39)32-20-18-27-10-4-6-14-30(27)24-32/h4-28H,1-3H3;4-26H,1-3H3;1-26H. The lowest BCUT2D eigenvalue weighted by Crippen LogP contribution is -1.96. The van der Waals surface area contributed by atoms with Gasteiger partial charge in [0.2, 0.25) is 0 Å². The molecule has 0 saturated heterocycles. The first-order valence-electron chi connectivity index (χ1n) is 44.7. The molecular formula is C128H92. The molecule has 0 aliphatic rings. The fourth-order valence-corrected chi connectivity index (χ4v) is 20.9. The van der Waals surface area contributed by atoms with Crippen LogP contribution in [0.3, 0.4) is 0 Å². The average Bonchev–Trinajstić information content (AvgIpc) is 0.729. The van der Waals surface area contributed by atoms with E-state index in [0.717, 1.165) is 0 Å². The summed E-state index contributed by atoms with van der Waals surface area (Å²) in [7, 11) is 0. The summed E-state index contributed by atoms with van der Waals surface area (Å²) >= 11 is 0. The monoisotopic (exact) mass is 1630 g/mol. The molecule has 0 aliphatic heterocycles. The minimum atomic E-state index is 1.22. The lowest BCUT2D eigenvalue weighted by molar-refractivity contribution is 1.33. The van der Waals surface area contributed by atoms with Crippen molar-refractivity contribution >= 4 is 118 Å². The van der Waals surface area contributed by atoms with E-state index < -0.39 is 0 Å². The molecule has 0 aromatic heterocycles. The van der Waals surface area contributed by atoms with Crippen molar-refractivity contribution in [3.8, 4) is 111 Å². The summed E-state index contributed by atoms with van der Waals surface area (Å²) in [6, 6.07) is 165. The van der Waals surface area contributed by atoms with Crippen LogP contribution in [-0.2, 0) is 0 Å². The predicted octanol–water partition coefficient (Wildman–Crippen LogP) is 36.3. The molecule has 0 spiro atoms. The van der Waals surface area contributed by atoms with Gasteiger partial charge in [0.25, 0.3) is 0 Å². The van der Waals surface area contributed by atoms with Crippen molar-refractivity contribution in [1.82, 2.24) is 0 Å². The molecule has 0 amide bonds.